The molecule has 2 aliphatic heterocycles. The van der Waals surface area contributed by atoms with Crippen LogP contribution in [0.25, 0.3) is 0 Å². The lowest BCUT2D eigenvalue weighted by Gasteiger charge is -2.21. The van der Waals surface area contributed by atoms with E-state index in [1.165, 1.54) is 10.5 Å². The van der Waals surface area contributed by atoms with Gasteiger partial charge >= 0.3 is 0 Å². The van der Waals surface area contributed by atoms with Crippen molar-refractivity contribution in [2.75, 3.05) is 32.7 Å². The Kier molecular flexibility index (Phi) is 8.87. The number of benzene rings is 1. The molecule has 1 saturated heterocycles. The lowest BCUT2D eigenvalue weighted by atomic mass is 10.0. The van der Waals surface area contributed by atoms with Crippen LogP contribution >= 0.6 is 24.0 Å². The summed E-state index contributed by atoms with van der Waals surface area (Å²) in [5.74, 6) is 1.21. The third-order valence-electron chi connectivity index (χ3n) is 6.13. The highest BCUT2D eigenvalue weighted by Crippen LogP contribution is 2.23. The van der Waals surface area contributed by atoms with E-state index in [2.05, 4.69) is 28.4 Å². The molecule has 0 spiro atoms. The van der Waals surface area contributed by atoms with Gasteiger partial charge in [0.1, 0.15) is 0 Å². The second-order valence-electron chi connectivity index (χ2n) is 8.58. The molecule has 9 heteroatoms. The Balaban J connectivity index is 0.00000306. The van der Waals surface area contributed by atoms with E-state index in [0.29, 0.717) is 30.1 Å². The van der Waals surface area contributed by atoms with Gasteiger partial charge in [-0.05, 0) is 56.2 Å². The molecule has 3 heterocycles. The third-order valence-corrected chi connectivity index (χ3v) is 6.13. The number of carbonyl (C=O) groups is 2. The average Bonchev–Trinajstić information content (AvgIpc) is 3.48. The molecule has 178 valence electrons. The molecule has 1 atom stereocenters. The van der Waals surface area contributed by atoms with Crippen molar-refractivity contribution in [2.24, 2.45) is 18.0 Å². The normalized spacial score (nSPS) is 18.0. The Morgan fingerprint density at radius 1 is 1.18 bits per heavy atom. The van der Waals surface area contributed by atoms with Gasteiger partial charge in [0.05, 0.1) is 17.3 Å². The molecule has 1 aromatic carbocycles. The summed E-state index contributed by atoms with van der Waals surface area (Å²) in [5, 5.41) is 7.68. The molecule has 8 nitrogen and oxygen atoms in total. The number of guanidine groups is 1. The number of unbranched alkanes of at least 4 members (excludes halogenated alkanes) is 1. The van der Waals surface area contributed by atoms with Crippen molar-refractivity contribution in [1.29, 1.82) is 0 Å². The summed E-state index contributed by atoms with van der Waals surface area (Å²) in [6, 6.07) is 7.04. The highest BCUT2D eigenvalue weighted by atomic mass is 127. The van der Waals surface area contributed by atoms with Crippen molar-refractivity contribution in [1.82, 2.24) is 24.9 Å². The van der Waals surface area contributed by atoms with Crippen LogP contribution in [-0.2, 0) is 13.5 Å². The van der Waals surface area contributed by atoms with Crippen molar-refractivity contribution in [3.8, 4) is 0 Å². The summed E-state index contributed by atoms with van der Waals surface area (Å²) < 4.78 is 1.86. The number of fused-ring (bicyclic) bond motifs is 1. The van der Waals surface area contributed by atoms with Crippen molar-refractivity contribution < 1.29 is 9.59 Å². The SMILES string of the molecule is CCNC(=NCCCCN1C(=O)c2ccccc2C1=O)N1CCC(Cc2cnn(C)c2)C1.I. The van der Waals surface area contributed by atoms with E-state index in [4.69, 9.17) is 4.99 Å². The molecule has 33 heavy (non-hydrogen) atoms. The second-order valence-corrected chi connectivity index (χ2v) is 8.58. The Hall–Kier alpha value is -2.43. The van der Waals surface area contributed by atoms with Gasteiger partial charge in [-0.15, -0.1) is 24.0 Å². The molecule has 0 aliphatic carbocycles. The number of hydrogen-bond acceptors (Lipinski definition) is 4. The quantitative estimate of drug-likeness (QED) is 0.175. The zero-order valence-electron chi connectivity index (χ0n) is 19.4. The Labute approximate surface area is 212 Å². The van der Waals surface area contributed by atoms with Crippen LogP contribution in [0.2, 0.25) is 0 Å². The number of hydrogen-bond donors (Lipinski definition) is 1. The molecular weight excluding hydrogens is 531 g/mol. The minimum absolute atomic E-state index is 0. The fraction of sp³-hybridized carbons (Fsp3) is 0.500. The van der Waals surface area contributed by atoms with E-state index >= 15 is 0 Å². The standard InChI is InChI=1S/C24H32N6O2.HI/c1-3-25-24(29-13-10-18(17-29)14-19-15-27-28(2)16-19)26-11-6-7-12-30-22(31)20-8-4-5-9-21(20)23(30)32;/h4-5,8-9,15-16,18H,3,6-7,10-14,17H2,1-2H3,(H,25,26);1H. The predicted molar refractivity (Wildman–Crippen MR) is 139 cm³/mol. The van der Waals surface area contributed by atoms with Gasteiger partial charge in [-0.25, -0.2) is 0 Å². The highest BCUT2D eigenvalue weighted by Gasteiger charge is 2.34. The van der Waals surface area contributed by atoms with Crippen LogP contribution in [0.3, 0.4) is 0 Å². The van der Waals surface area contributed by atoms with E-state index in [9.17, 15) is 9.59 Å². The summed E-state index contributed by atoms with van der Waals surface area (Å²) in [6.45, 7) is 6.03. The van der Waals surface area contributed by atoms with Crippen LogP contribution in [-0.4, -0.2) is 70.1 Å². The van der Waals surface area contributed by atoms with Gasteiger partial charge in [-0.3, -0.25) is 24.2 Å². The lowest BCUT2D eigenvalue weighted by molar-refractivity contribution is 0.0652. The first-order valence-electron chi connectivity index (χ1n) is 11.5. The Bertz CT molecular complexity index is 969. The first-order chi connectivity index (χ1) is 15.6. The number of aryl methyl sites for hydroxylation is 1. The zero-order chi connectivity index (χ0) is 22.5. The smallest absolute Gasteiger partial charge is 0.261 e. The van der Waals surface area contributed by atoms with Gasteiger partial charge in [0, 0.05) is 46.0 Å². The van der Waals surface area contributed by atoms with Crippen LogP contribution in [0.4, 0.5) is 0 Å². The van der Waals surface area contributed by atoms with Crippen LogP contribution in [0.5, 0.6) is 0 Å². The fourth-order valence-electron chi connectivity index (χ4n) is 4.54. The second kappa shape index (κ2) is 11.6. The number of nitrogens with zero attached hydrogens (tertiary/aromatic N) is 5. The Morgan fingerprint density at radius 2 is 1.91 bits per heavy atom. The number of likely N-dealkylation sites (tertiary alicyclic amines) is 1. The van der Waals surface area contributed by atoms with Gasteiger partial charge in [-0.2, -0.15) is 5.10 Å². The summed E-state index contributed by atoms with van der Waals surface area (Å²) in [4.78, 5) is 33.4. The van der Waals surface area contributed by atoms with E-state index in [0.717, 1.165) is 51.3 Å². The summed E-state index contributed by atoms with van der Waals surface area (Å²) in [7, 11) is 1.95. The van der Waals surface area contributed by atoms with Gasteiger partial charge in [0.25, 0.3) is 11.8 Å². The van der Waals surface area contributed by atoms with Gasteiger partial charge in [0.15, 0.2) is 5.96 Å². The maximum atomic E-state index is 12.5. The number of nitrogens with one attached hydrogen (secondary N) is 1. The third kappa shape index (κ3) is 5.93. The number of amides is 2. The molecule has 1 aromatic heterocycles. The molecule has 1 fully saturated rings. The van der Waals surface area contributed by atoms with Gasteiger partial charge in [-0.1, -0.05) is 12.1 Å². The molecule has 1 N–H and O–H groups in total. The first-order valence-corrected chi connectivity index (χ1v) is 11.5. The number of aromatic nitrogens is 2. The van der Waals surface area contributed by atoms with E-state index in [-0.39, 0.29) is 35.8 Å². The van der Waals surface area contributed by atoms with E-state index in [1.54, 1.807) is 24.3 Å². The molecular formula is C24H33IN6O2. The predicted octanol–water partition coefficient (Wildman–Crippen LogP) is 2.94. The van der Waals surface area contributed by atoms with Gasteiger partial charge in [0.2, 0.25) is 0 Å². The maximum Gasteiger partial charge on any atom is 0.261 e. The minimum atomic E-state index is -0.181. The largest absolute Gasteiger partial charge is 0.357 e. The molecule has 1 unspecified atom stereocenters. The minimum Gasteiger partial charge on any atom is -0.357 e. The molecule has 0 bridgehead atoms. The number of carbonyl (C=O) groups excluding carboxylic acids is 2. The molecule has 2 aromatic rings. The Morgan fingerprint density at radius 3 is 2.55 bits per heavy atom. The monoisotopic (exact) mass is 564 g/mol. The number of rotatable bonds is 8. The summed E-state index contributed by atoms with van der Waals surface area (Å²) in [6.07, 6.45) is 7.82. The van der Waals surface area contributed by atoms with E-state index < -0.39 is 0 Å². The van der Waals surface area contributed by atoms with Crippen molar-refractivity contribution in [3.05, 3.63) is 53.3 Å². The van der Waals surface area contributed by atoms with Crippen LogP contribution in [0, 0.1) is 5.92 Å². The molecule has 2 aliphatic rings. The first kappa shape index (κ1) is 25.2. The molecule has 4 rings (SSSR count). The lowest BCUT2D eigenvalue weighted by Crippen LogP contribution is -2.40. The van der Waals surface area contributed by atoms with Crippen molar-refractivity contribution in [2.45, 2.75) is 32.6 Å². The van der Waals surface area contributed by atoms with Crippen LogP contribution < -0.4 is 5.32 Å². The molecule has 0 radical (unpaired) electrons. The molecule has 0 saturated carbocycles. The number of aliphatic imine (C=N–C) groups is 1. The average molecular weight is 564 g/mol. The maximum absolute atomic E-state index is 12.5. The fourth-order valence-corrected chi connectivity index (χ4v) is 4.54. The topological polar surface area (TPSA) is 82.8 Å². The zero-order valence-corrected chi connectivity index (χ0v) is 21.7. The number of halogens is 1. The van der Waals surface area contributed by atoms with Crippen molar-refractivity contribution in [3.63, 3.8) is 0 Å². The van der Waals surface area contributed by atoms with Crippen molar-refractivity contribution >= 4 is 41.8 Å². The summed E-state index contributed by atoms with van der Waals surface area (Å²) >= 11 is 0. The number of imide groups is 1. The van der Waals surface area contributed by atoms with Crippen LogP contribution in [0.15, 0.2) is 41.7 Å². The van der Waals surface area contributed by atoms with E-state index in [1.807, 2.05) is 17.9 Å². The van der Waals surface area contributed by atoms with Gasteiger partial charge < -0.3 is 10.2 Å². The summed E-state index contributed by atoms with van der Waals surface area (Å²) in [5.41, 5.74) is 2.31. The highest BCUT2D eigenvalue weighted by molar-refractivity contribution is 14.0. The molecule has 2 amide bonds. The van der Waals surface area contributed by atoms with Crippen LogP contribution in [0.1, 0.15) is 52.5 Å².